The van der Waals surface area contributed by atoms with E-state index >= 15 is 0 Å². The molecule has 0 aliphatic rings. The van der Waals surface area contributed by atoms with Gasteiger partial charge in [-0.25, -0.2) is 5.43 Å². The van der Waals surface area contributed by atoms with Crippen LogP contribution in [-0.4, -0.2) is 30.7 Å². The smallest absolute Gasteiger partial charge is 0.262 e. The zero-order chi connectivity index (χ0) is 26.1. The zero-order valence-electron chi connectivity index (χ0n) is 21.4. The molecule has 3 aromatic rings. The summed E-state index contributed by atoms with van der Waals surface area (Å²) >= 11 is 0. The zero-order valence-corrected chi connectivity index (χ0v) is 21.4. The van der Waals surface area contributed by atoms with Gasteiger partial charge in [-0.05, 0) is 98.8 Å². The number of hydrogen-bond acceptors (Lipinski definition) is 5. The summed E-state index contributed by atoms with van der Waals surface area (Å²) in [5.41, 5.74) is 9.15. The first-order valence-corrected chi connectivity index (χ1v) is 11.8. The van der Waals surface area contributed by atoms with E-state index in [1.54, 1.807) is 13.0 Å². The quantitative estimate of drug-likeness (QED) is 0.325. The maximum atomic E-state index is 12.2. The second-order valence-electron chi connectivity index (χ2n) is 8.86. The summed E-state index contributed by atoms with van der Waals surface area (Å²) in [5, 5.41) is 6.57. The van der Waals surface area contributed by atoms with Crippen molar-refractivity contribution < 1.29 is 19.1 Å². The van der Waals surface area contributed by atoms with Crippen LogP contribution in [0.1, 0.15) is 40.3 Å². The Morgan fingerprint density at radius 3 is 2.25 bits per heavy atom. The fraction of sp³-hybridized carbons (Fsp3) is 0.276. The van der Waals surface area contributed by atoms with Gasteiger partial charge in [-0.1, -0.05) is 29.8 Å². The van der Waals surface area contributed by atoms with Gasteiger partial charge in [-0.2, -0.15) is 5.10 Å². The molecule has 0 bridgehead atoms. The Balaban J connectivity index is 1.42. The van der Waals surface area contributed by atoms with E-state index in [0.29, 0.717) is 12.4 Å². The van der Waals surface area contributed by atoms with Crippen LogP contribution in [0.25, 0.3) is 0 Å². The largest absolute Gasteiger partial charge is 0.489 e. The lowest BCUT2D eigenvalue weighted by Crippen LogP contribution is -2.45. The van der Waals surface area contributed by atoms with Crippen molar-refractivity contribution in [3.8, 4) is 11.5 Å². The third kappa shape index (κ3) is 7.98. The van der Waals surface area contributed by atoms with Crippen LogP contribution in [0, 0.1) is 27.7 Å². The summed E-state index contributed by atoms with van der Waals surface area (Å²) in [7, 11) is 0. The first-order chi connectivity index (χ1) is 17.2. The maximum absolute atomic E-state index is 12.2. The van der Waals surface area contributed by atoms with Crippen molar-refractivity contribution in [1.82, 2.24) is 10.7 Å². The number of hydrogen-bond donors (Lipinski definition) is 2. The molecule has 0 radical (unpaired) electrons. The number of hydrazone groups is 1. The lowest BCUT2D eigenvalue weighted by Gasteiger charge is -2.13. The number of amides is 2. The number of aryl methyl sites for hydroxylation is 4. The SMILES string of the molecule is Cc1cccc(OCC(=O)NC(C)C(=O)N/N=C\c2ccc(OCc3c(C)cc(C)cc3C)cc2)c1. The third-order valence-electron chi connectivity index (χ3n) is 5.62. The minimum atomic E-state index is -0.764. The van der Waals surface area contributed by atoms with Gasteiger partial charge in [-0.15, -0.1) is 0 Å². The topological polar surface area (TPSA) is 89.0 Å². The van der Waals surface area contributed by atoms with Gasteiger partial charge >= 0.3 is 0 Å². The molecule has 0 spiro atoms. The Bertz CT molecular complexity index is 1210. The number of ether oxygens (including phenoxy) is 2. The molecule has 2 N–H and O–H groups in total. The molecule has 0 aliphatic heterocycles. The van der Waals surface area contributed by atoms with Gasteiger partial charge in [-0.3, -0.25) is 9.59 Å². The highest BCUT2D eigenvalue weighted by Gasteiger charge is 2.15. The molecule has 7 nitrogen and oxygen atoms in total. The van der Waals surface area contributed by atoms with E-state index in [0.717, 1.165) is 16.9 Å². The molecular weight excluding hydrogens is 454 g/mol. The highest BCUT2D eigenvalue weighted by Crippen LogP contribution is 2.20. The Labute approximate surface area is 212 Å². The van der Waals surface area contributed by atoms with Crippen LogP contribution in [-0.2, 0) is 16.2 Å². The summed E-state index contributed by atoms with van der Waals surface area (Å²) in [6, 6.07) is 18.4. The number of carbonyl (C=O) groups is 2. The molecule has 36 heavy (non-hydrogen) atoms. The molecule has 3 rings (SSSR count). The normalized spacial score (nSPS) is 11.7. The number of carbonyl (C=O) groups excluding carboxylic acids is 2. The highest BCUT2D eigenvalue weighted by molar-refractivity contribution is 5.88. The van der Waals surface area contributed by atoms with Gasteiger partial charge in [0.1, 0.15) is 24.1 Å². The van der Waals surface area contributed by atoms with E-state index < -0.39 is 17.9 Å². The Hall–Kier alpha value is -4.13. The molecule has 3 aromatic carbocycles. The van der Waals surface area contributed by atoms with Crippen molar-refractivity contribution in [3.63, 3.8) is 0 Å². The van der Waals surface area contributed by atoms with Crippen molar-refractivity contribution >= 4 is 18.0 Å². The van der Waals surface area contributed by atoms with Gasteiger partial charge in [0.05, 0.1) is 6.21 Å². The van der Waals surface area contributed by atoms with E-state index in [1.807, 2.05) is 49.4 Å². The molecule has 0 saturated carbocycles. The second-order valence-corrected chi connectivity index (χ2v) is 8.86. The van der Waals surface area contributed by atoms with Crippen molar-refractivity contribution in [2.45, 2.75) is 47.3 Å². The van der Waals surface area contributed by atoms with Crippen LogP contribution in [0.2, 0.25) is 0 Å². The monoisotopic (exact) mass is 487 g/mol. The summed E-state index contributed by atoms with van der Waals surface area (Å²) in [5.74, 6) is 0.525. The van der Waals surface area contributed by atoms with E-state index in [-0.39, 0.29) is 6.61 Å². The minimum Gasteiger partial charge on any atom is -0.489 e. The summed E-state index contributed by atoms with van der Waals surface area (Å²) in [6.07, 6.45) is 1.53. The van der Waals surface area contributed by atoms with E-state index in [9.17, 15) is 9.59 Å². The predicted octanol–water partition coefficient (Wildman–Crippen LogP) is 4.53. The first kappa shape index (κ1) is 26.5. The molecule has 1 unspecified atom stereocenters. The van der Waals surface area contributed by atoms with Crippen LogP contribution in [0.5, 0.6) is 11.5 Å². The second kappa shape index (κ2) is 12.5. The predicted molar refractivity (Wildman–Crippen MR) is 141 cm³/mol. The number of nitrogens with zero attached hydrogens (tertiary/aromatic N) is 1. The minimum absolute atomic E-state index is 0.179. The average Bonchev–Trinajstić information content (AvgIpc) is 2.83. The van der Waals surface area contributed by atoms with Crippen LogP contribution in [0.4, 0.5) is 0 Å². The van der Waals surface area contributed by atoms with Gasteiger partial charge in [0.25, 0.3) is 11.8 Å². The molecule has 0 aliphatic carbocycles. The van der Waals surface area contributed by atoms with Gasteiger partial charge in [0.2, 0.25) is 0 Å². The summed E-state index contributed by atoms with van der Waals surface area (Å²) < 4.78 is 11.4. The molecule has 0 saturated heterocycles. The van der Waals surface area contributed by atoms with Crippen LogP contribution in [0.3, 0.4) is 0 Å². The third-order valence-corrected chi connectivity index (χ3v) is 5.62. The van der Waals surface area contributed by atoms with Crippen LogP contribution >= 0.6 is 0 Å². The van der Waals surface area contributed by atoms with Crippen LogP contribution in [0.15, 0.2) is 65.8 Å². The molecule has 0 fully saturated rings. The fourth-order valence-electron chi connectivity index (χ4n) is 3.71. The number of nitrogens with one attached hydrogen (secondary N) is 2. The Morgan fingerprint density at radius 1 is 0.889 bits per heavy atom. The molecule has 2 amide bonds. The molecule has 7 heteroatoms. The summed E-state index contributed by atoms with van der Waals surface area (Å²) in [4.78, 5) is 24.3. The first-order valence-electron chi connectivity index (χ1n) is 11.8. The molecular formula is C29H33N3O4. The number of rotatable bonds is 10. The van der Waals surface area contributed by atoms with Crippen molar-refractivity contribution in [3.05, 3.63) is 94.0 Å². The maximum Gasteiger partial charge on any atom is 0.262 e. The van der Waals surface area contributed by atoms with Crippen LogP contribution < -0.4 is 20.2 Å². The van der Waals surface area contributed by atoms with E-state index in [1.165, 1.54) is 28.5 Å². The Morgan fingerprint density at radius 2 is 1.58 bits per heavy atom. The van der Waals surface area contributed by atoms with Gasteiger partial charge < -0.3 is 14.8 Å². The number of benzene rings is 3. The fourth-order valence-corrected chi connectivity index (χ4v) is 3.71. The average molecular weight is 488 g/mol. The molecule has 0 heterocycles. The van der Waals surface area contributed by atoms with E-state index in [2.05, 4.69) is 48.7 Å². The van der Waals surface area contributed by atoms with Crippen molar-refractivity contribution in [2.75, 3.05) is 6.61 Å². The van der Waals surface area contributed by atoms with Crippen molar-refractivity contribution in [2.24, 2.45) is 5.10 Å². The highest BCUT2D eigenvalue weighted by atomic mass is 16.5. The van der Waals surface area contributed by atoms with Crippen molar-refractivity contribution in [1.29, 1.82) is 0 Å². The molecule has 188 valence electrons. The molecule has 0 aromatic heterocycles. The van der Waals surface area contributed by atoms with Gasteiger partial charge in [0.15, 0.2) is 6.61 Å². The lowest BCUT2D eigenvalue weighted by atomic mass is 10.0. The Kier molecular flexibility index (Phi) is 9.22. The van der Waals surface area contributed by atoms with E-state index in [4.69, 9.17) is 9.47 Å². The summed E-state index contributed by atoms with van der Waals surface area (Å²) in [6.45, 7) is 10.1. The lowest BCUT2D eigenvalue weighted by molar-refractivity contribution is -0.129. The standard InChI is InChI=1S/C29H33N3O4/c1-19-7-6-8-26(15-19)36-18-28(33)31-23(5)29(34)32-30-16-24-9-11-25(12-10-24)35-17-27-21(3)13-20(2)14-22(27)4/h6-16,23H,17-18H2,1-5H3,(H,31,33)(H,32,34)/b30-16-. The molecule has 1 atom stereocenters. The van der Waals surface area contributed by atoms with Gasteiger partial charge in [0, 0.05) is 0 Å².